The summed E-state index contributed by atoms with van der Waals surface area (Å²) in [6, 6.07) is 9.69. The Morgan fingerprint density at radius 2 is 0.983 bits per heavy atom. The van der Waals surface area contributed by atoms with Crippen molar-refractivity contribution in [1.29, 1.82) is 0 Å². The lowest BCUT2D eigenvalue weighted by atomic mass is 10.0. The fourth-order valence-corrected chi connectivity index (χ4v) is 7.98. The molecule has 1 rings (SSSR count). The molecule has 0 aromatic heterocycles. The van der Waals surface area contributed by atoms with Gasteiger partial charge in [-0.1, -0.05) is 212 Å². The summed E-state index contributed by atoms with van der Waals surface area (Å²) < 4.78 is 12.2. The summed E-state index contributed by atoms with van der Waals surface area (Å²) in [6.45, 7) is 7.48. The molecule has 0 saturated carbocycles. The van der Waals surface area contributed by atoms with Crippen LogP contribution in [-0.2, 0) is 30.5 Å². The van der Waals surface area contributed by atoms with Crippen molar-refractivity contribution in [2.24, 2.45) is 0 Å². The zero-order valence-corrected chi connectivity index (χ0v) is 39.3. The second kappa shape index (κ2) is 41.9. The van der Waals surface area contributed by atoms with Gasteiger partial charge in [-0.05, 0) is 44.1 Å². The molecule has 0 bridgehead atoms. The van der Waals surface area contributed by atoms with Crippen LogP contribution in [0.1, 0.15) is 245 Å². The highest BCUT2D eigenvalue weighted by Gasteiger charge is 2.20. The fraction of sp³-hybridized carbons (Fsp3) is 0.827. The summed E-state index contributed by atoms with van der Waals surface area (Å²) in [4.78, 5) is 39.1. The Morgan fingerprint density at radius 1 is 0.533 bits per heavy atom. The van der Waals surface area contributed by atoms with E-state index in [-0.39, 0.29) is 43.3 Å². The smallest absolute Gasteiger partial charge is 0.306 e. The molecule has 0 radical (unpaired) electrons. The lowest BCUT2D eigenvalue weighted by Crippen LogP contribution is -2.40. The van der Waals surface area contributed by atoms with E-state index in [1.165, 1.54) is 128 Å². The van der Waals surface area contributed by atoms with Crippen LogP contribution >= 0.6 is 0 Å². The number of benzene rings is 1. The van der Waals surface area contributed by atoms with Gasteiger partial charge in [0.15, 0.2) is 0 Å². The maximum Gasteiger partial charge on any atom is 0.306 e. The van der Waals surface area contributed by atoms with Crippen LogP contribution in [0.15, 0.2) is 30.3 Å². The highest BCUT2D eigenvalue weighted by molar-refractivity contribution is 5.77. The minimum absolute atomic E-state index is 0.115. The Kier molecular flexibility index (Phi) is 38.8. The summed E-state index contributed by atoms with van der Waals surface area (Å²) in [6.07, 6.45) is 35.9. The first kappa shape index (κ1) is 55.6. The number of hydrogen-bond donors (Lipinski definition) is 3. The van der Waals surface area contributed by atoms with E-state index in [4.69, 9.17) is 9.47 Å². The number of esters is 1. The quantitative estimate of drug-likeness (QED) is 0.0445. The molecule has 3 N–H and O–H groups in total. The highest BCUT2D eigenvalue weighted by atomic mass is 16.5. The molecule has 0 spiro atoms. The number of rotatable bonds is 44. The van der Waals surface area contributed by atoms with Gasteiger partial charge < -0.3 is 25.2 Å². The van der Waals surface area contributed by atoms with Crippen molar-refractivity contribution in [1.82, 2.24) is 10.6 Å². The molecular formula is C52H94N2O6. The molecule has 8 nitrogen and oxygen atoms in total. The minimum Gasteiger partial charge on any atom is -0.462 e. The van der Waals surface area contributed by atoms with E-state index in [1.54, 1.807) is 0 Å². The fourth-order valence-electron chi connectivity index (χ4n) is 7.98. The molecule has 1 aromatic rings. The largest absolute Gasteiger partial charge is 0.462 e. The molecule has 0 aliphatic heterocycles. The van der Waals surface area contributed by atoms with Gasteiger partial charge in [0.05, 0.1) is 38.2 Å². The number of nitrogens with one attached hydrogen (secondary N) is 2. The molecule has 0 aliphatic carbocycles. The van der Waals surface area contributed by atoms with E-state index >= 15 is 0 Å². The van der Waals surface area contributed by atoms with Crippen molar-refractivity contribution in [2.45, 2.75) is 264 Å². The molecule has 3 atom stereocenters. The van der Waals surface area contributed by atoms with Crippen LogP contribution < -0.4 is 10.6 Å². The van der Waals surface area contributed by atoms with Gasteiger partial charge in [0.25, 0.3) is 0 Å². The predicted molar refractivity (Wildman–Crippen MR) is 251 cm³/mol. The summed E-state index contributed by atoms with van der Waals surface area (Å²) >= 11 is 0. The molecule has 0 fully saturated rings. The number of hydrogen-bond acceptors (Lipinski definition) is 6. The van der Waals surface area contributed by atoms with Gasteiger partial charge in [0.1, 0.15) is 6.10 Å². The van der Waals surface area contributed by atoms with Gasteiger partial charge in [-0.3, -0.25) is 14.4 Å². The number of ether oxygens (including phenoxy) is 2. The lowest BCUT2D eigenvalue weighted by Gasteiger charge is -2.21. The first-order chi connectivity index (χ1) is 29.4. The minimum atomic E-state index is -0.405. The standard InChI is InChI=1S/C52H94N2O6/c1-4-7-10-13-16-19-22-25-31-38-48(59-45-46-35-29-28-30-36-46)42-51(57)54-47(44-55)37-34-41-53-50(56)43-49(39-32-26-23-20-17-14-11-8-5-2)60-52(58)40-33-27-24-21-18-15-12-9-6-3/h28-30,35-36,47-49,55H,4-27,31-34,37-45H2,1-3H3,(H,53,56)(H,54,57)/t47-,48-,49-/m1/s1. The Balaban J connectivity index is 2.52. The van der Waals surface area contributed by atoms with Crippen LogP contribution in [0.5, 0.6) is 0 Å². The molecule has 0 heterocycles. The zero-order valence-electron chi connectivity index (χ0n) is 39.3. The van der Waals surface area contributed by atoms with Crippen molar-refractivity contribution in [3.8, 4) is 0 Å². The van der Waals surface area contributed by atoms with Crippen molar-refractivity contribution < 1.29 is 29.0 Å². The molecule has 60 heavy (non-hydrogen) atoms. The summed E-state index contributed by atoms with van der Waals surface area (Å²) in [5, 5.41) is 16.1. The Bertz CT molecular complexity index is 1120. The second-order valence-electron chi connectivity index (χ2n) is 17.7. The summed E-state index contributed by atoms with van der Waals surface area (Å²) in [5.41, 5.74) is 1.09. The summed E-state index contributed by atoms with van der Waals surface area (Å²) in [7, 11) is 0. The number of carbonyl (C=O) groups excluding carboxylic acids is 3. The van der Waals surface area contributed by atoms with E-state index in [0.717, 1.165) is 56.9 Å². The van der Waals surface area contributed by atoms with Gasteiger partial charge >= 0.3 is 5.97 Å². The third kappa shape index (κ3) is 35.2. The average molecular weight is 843 g/mol. The van der Waals surface area contributed by atoms with E-state index in [0.29, 0.717) is 38.8 Å². The normalized spacial score (nSPS) is 12.9. The van der Waals surface area contributed by atoms with Gasteiger partial charge in [-0.2, -0.15) is 0 Å². The first-order valence-electron chi connectivity index (χ1n) is 25.4. The van der Waals surface area contributed by atoms with E-state index < -0.39 is 12.1 Å². The van der Waals surface area contributed by atoms with Crippen LogP contribution in [0.4, 0.5) is 0 Å². The van der Waals surface area contributed by atoms with Gasteiger partial charge in [-0.15, -0.1) is 0 Å². The Morgan fingerprint density at radius 3 is 1.48 bits per heavy atom. The molecule has 348 valence electrons. The SMILES string of the molecule is CCCCCCCCCCCC(=O)O[C@H](CCCCCCCCCCC)CC(=O)NCCC[C@H](CO)NC(=O)C[C@@H](CCCCCCCCCCC)OCc1ccccc1. The topological polar surface area (TPSA) is 114 Å². The molecule has 1 aromatic carbocycles. The molecule has 0 saturated heterocycles. The van der Waals surface area contributed by atoms with Crippen LogP contribution in [0.2, 0.25) is 0 Å². The monoisotopic (exact) mass is 843 g/mol. The number of aliphatic hydroxyl groups excluding tert-OH is 1. The third-order valence-corrected chi connectivity index (χ3v) is 11.8. The number of unbranched alkanes of at least 4 members (excludes halogenated alkanes) is 24. The highest BCUT2D eigenvalue weighted by Crippen LogP contribution is 2.18. The van der Waals surface area contributed by atoms with Gasteiger partial charge in [-0.25, -0.2) is 0 Å². The Hall–Kier alpha value is -2.45. The summed E-state index contributed by atoms with van der Waals surface area (Å²) in [5.74, 6) is -0.420. The Labute approximate surface area is 369 Å². The molecule has 2 amide bonds. The van der Waals surface area contributed by atoms with Crippen molar-refractivity contribution in [3.05, 3.63) is 35.9 Å². The van der Waals surface area contributed by atoms with Crippen LogP contribution in [0.3, 0.4) is 0 Å². The van der Waals surface area contributed by atoms with E-state index in [2.05, 4.69) is 31.4 Å². The second-order valence-corrected chi connectivity index (χ2v) is 17.7. The average Bonchev–Trinajstić information content (AvgIpc) is 3.25. The molecular weight excluding hydrogens is 749 g/mol. The third-order valence-electron chi connectivity index (χ3n) is 11.8. The number of amides is 2. The molecule has 0 aliphatic rings. The van der Waals surface area contributed by atoms with E-state index in [9.17, 15) is 19.5 Å². The lowest BCUT2D eigenvalue weighted by molar-refractivity contribution is -0.151. The van der Waals surface area contributed by atoms with Crippen molar-refractivity contribution in [3.63, 3.8) is 0 Å². The van der Waals surface area contributed by atoms with Crippen molar-refractivity contribution >= 4 is 17.8 Å². The maximum absolute atomic E-state index is 13.2. The van der Waals surface area contributed by atoms with Crippen molar-refractivity contribution in [2.75, 3.05) is 13.2 Å². The number of aliphatic hydroxyl groups is 1. The molecule has 8 heteroatoms. The first-order valence-corrected chi connectivity index (χ1v) is 25.4. The van der Waals surface area contributed by atoms with Crippen LogP contribution in [-0.4, -0.2) is 54.3 Å². The number of carbonyl (C=O) groups is 3. The maximum atomic E-state index is 13.2. The molecule has 0 unspecified atom stereocenters. The predicted octanol–water partition coefficient (Wildman–Crippen LogP) is 13.4. The zero-order chi connectivity index (χ0) is 43.6. The van der Waals surface area contributed by atoms with E-state index in [1.807, 2.05) is 30.3 Å². The van der Waals surface area contributed by atoms with Gasteiger partial charge in [0.2, 0.25) is 11.8 Å². The van der Waals surface area contributed by atoms with Crippen LogP contribution in [0.25, 0.3) is 0 Å². The van der Waals surface area contributed by atoms with Gasteiger partial charge in [0, 0.05) is 13.0 Å². The van der Waals surface area contributed by atoms with Crippen LogP contribution in [0, 0.1) is 0 Å².